The first-order valence-corrected chi connectivity index (χ1v) is 8.88. The van der Waals surface area contributed by atoms with E-state index in [-0.39, 0.29) is 5.41 Å². The molecule has 0 radical (unpaired) electrons. The first kappa shape index (κ1) is 16.0. The zero-order valence-electron chi connectivity index (χ0n) is 15.6. The van der Waals surface area contributed by atoms with Crippen molar-refractivity contribution in [1.29, 1.82) is 0 Å². The maximum absolute atomic E-state index is 6.20. The highest BCUT2D eigenvalue weighted by Gasteiger charge is 2.14. The second-order valence-corrected chi connectivity index (χ2v) is 8.02. The number of hydrogen-bond acceptors (Lipinski definition) is 1. The summed E-state index contributed by atoms with van der Waals surface area (Å²) in [7, 11) is 0. The van der Waals surface area contributed by atoms with Gasteiger partial charge in [0.1, 0.15) is 11.2 Å². The minimum absolute atomic E-state index is 0.177. The summed E-state index contributed by atoms with van der Waals surface area (Å²) in [5.41, 5.74) is 8.42. The van der Waals surface area contributed by atoms with Crippen molar-refractivity contribution in [3.63, 3.8) is 0 Å². The third-order valence-corrected chi connectivity index (χ3v) is 5.24. The van der Waals surface area contributed by atoms with Crippen LogP contribution in [0.15, 0.2) is 59.0 Å². The van der Waals surface area contributed by atoms with Crippen LogP contribution in [0.3, 0.4) is 0 Å². The lowest BCUT2D eigenvalue weighted by Gasteiger charge is -2.19. The summed E-state index contributed by atoms with van der Waals surface area (Å²) >= 11 is 0. The Morgan fingerprint density at radius 3 is 2.04 bits per heavy atom. The smallest absolute Gasteiger partial charge is 0.138 e. The van der Waals surface area contributed by atoms with Crippen molar-refractivity contribution in [2.45, 2.75) is 40.0 Å². The van der Waals surface area contributed by atoms with Crippen molar-refractivity contribution in [1.82, 2.24) is 0 Å². The SMILES string of the molecule is Cc1ccc2c(oc3cc(-c4ccc(C(C)(C)C)cc4)ccc32)c1C. The van der Waals surface area contributed by atoms with E-state index in [4.69, 9.17) is 4.42 Å². The fourth-order valence-electron chi connectivity index (χ4n) is 3.42. The zero-order valence-corrected chi connectivity index (χ0v) is 15.6. The Bertz CT molecular complexity index is 1070. The number of furan rings is 1. The monoisotopic (exact) mass is 328 g/mol. The van der Waals surface area contributed by atoms with Crippen LogP contribution < -0.4 is 0 Å². The Hall–Kier alpha value is -2.54. The van der Waals surface area contributed by atoms with Gasteiger partial charge in [0.05, 0.1) is 0 Å². The molecule has 1 heterocycles. The molecule has 0 saturated heterocycles. The van der Waals surface area contributed by atoms with E-state index in [2.05, 4.69) is 89.2 Å². The first-order valence-electron chi connectivity index (χ1n) is 8.88. The maximum Gasteiger partial charge on any atom is 0.138 e. The van der Waals surface area contributed by atoms with Crippen molar-refractivity contribution in [2.75, 3.05) is 0 Å². The highest BCUT2D eigenvalue weighted by molar-refractivity contribution is 6.07. The van der Waals surface area contributed by atoms with Crippen molar-refractivity contribution in [2.24, 2.45) is 0 Å². The van der Waals surface area contributed by atoms with Crippen LogP contribution in [0, 0.1) is 13.8 Å². The molecule has 1 nitrogen and oxygen atoms in total. The molecule has 0 aliphatic rings. The summed E-state index contributed by atoms with van der Waals surface area (Å²) in [5.74, 6) is 0. The normalized spacial score (nSPS) is 12.2. The lowest BCUT2D eigenvalue weighted by Crippen LogP contribution is -2.10. The standard InChI is InChI=1S/C24H24O/c1-15-6-12-21-20-13-9-18(14-22(20)25-23(21)16(15)2)17-7-10-19(11-8-17)24(3,4)5/h6-14H,1-5H3. The van der Waals surface area contributed by atoms with Crippen LogP contribution in [0.25, 0.3) is 33.1 Å². The third kappa shape index (κ3) is 2.64. The van der Waals surface area contributed by atoms with E-state index in [1.165, 1.54) is 38.6 Å². The van der Waals surface area contributed by atoms with Gasteiger partial charge in [-0.05, 0) is 59.2 Å². The van der Waals surface area contributed by atoms with E-state index in [9.17, 15) is 0 Å². The van der Waals surface area contributed by atoms with Gasteiger partial charge in [-0.15, -0.1) is 0 Å². The summed E-state index contributed by atoms with van der Waals surface area (Å²) in [4.78, 5) is 0. The number of rotatable bonds is 1. The number of hydrogen-bond donors (Lipinski definition) is 0. The molecule has 4 rings (SSSR count). The Balaban J connectivity index is 1.84. The molecule has 3 aromatic carbocycles. The molecule has 25 heavy (non-hydrogen) atoms. The van der Waals surface area contributed by atoms with Crippen LogP contribution >= 0.6 is 0 Å². The summed E-state index contributed by atoms with van der Waals surface area (Å²) in [6, 6.07) is 19.8. The van der Waals surface area contributed by atoms with Gasteiger partial charge in [0.15, 0.2) is 0 Å². The van der Waals surface area contributed by atoms with Gasteiger partial charge in [-0.25, -0.2) is 0 Å². The van der Waals surface area contributed by atoms with Crippen LogP contribution in [0.2, 0.25) is 0 Å². The highest BCUT2D eigenvalue weighted by atomic mass is 16.3. The van der Waals surface area contributed by atoms with Gasteiger partial charge in [-0.1, -0.05) is 63.2 Å². The molecular formula is C24H24O. The molecule has 0 spiro atoms. The Labute approximate surface area is 149 Å². The Morgan fingerprint density at radius 2 is 1.36 bits per heavy atom. The molecule has 0 atom stereocenters. The third-order valence-electron chi connectivity index (χ3n) is 5.24. The van der Waals surface area contributed by atoms with E-state index in [1.54, 1.807) is 0 Å². The Kier molecular flexibility index (Phi) is 3.50. The van der Waals surface area contributed by atoms with Crippen molar-refractivity contribution in [3.8, 4) is 11.1 Å². The summed E-state index contributed by atoms with van der Waals surface area (Å²) in [6.07, 6.45) is 0. The van der Waals surface area contributed by atoms with E-state index in [0.29, 0.717) is 0 Å². The second kappa shape index (κ2) is 5.49. The topological polar surface area (TPSA) is 13.1 Å². The lowest BCUT2D eigenvalue weighted by atomic mass is 9.86. The van der Waals surface area contributed by atoms with Crippen molar-refractivity contribution < 1.29 is 4.42 Å². The maximum atomic E-state index is 6.20. The van der Waals surface area contributed by atoms with Gasteiger partial charge in [0.25, 0.3) is 0 Å². The highest BCUT2D eigenvalue weighted by Crippen LogP contribution is 2.35. The molecule has 1 heteroatoms. The van der Waals surface area contributed by atoms with E-state index < -0.39 is 0 Å². The molecular weight excluding hydrogens is 304 g/mol. The number of aryl methyl sites for hydroxylation is 2. The predicted molar refractivity (Wildman–Crippen MR) is 107 cm³/mol. The molecule has 0 fully saturated rings. The van der Waals surface area contributed by atoms with Crippen LogP contribution in [-0.2, 0) is 5.41 Å². The van der Waals surface area contributed by atoms with Crippen LogP contribution in [0.4, 0.5) is 0 Å². The second-order valence-electron chi connectivity index (χ2n) is 8.02. The van der Waals surface area contributed by atoms with Crippen LogP contribution in [0.5, 0.6) is 0 Å². The summed E-state index contributed by atoms with van der Waals surface area (Å²) < 4.78 is 6.20. The summed E-state index contributed by atoms with van der Waals surface area (Å²) in [6.45, 7) is 11.0. The van der Waals surface area contributed by atoms with Crippen molar-refractivity contribution in [3.05, 3.63) is 71.3 Å². The average Bonchev–Trinajstić information content (AvgIpc) is 2.96. The van der Waals surface area contributed by atoms with Gasteiger partial charge >= 0.3 is 0 Å². The molecule has 126 valence electrons. The van der Waals surface area contributed by atoms with Gasteiger partial charge in [-0.2, -0.15) is 0 Å². The largest absolute Gasteiger partial charge is 0.456 e. The van der Waals surface area contributed by atoms with Crippen LogP contribution in [-0.4, -0.2) is 0 Å². The number of benzene rings is 3. The fraction of sp³-hybridized carbons (Fsp3) is 0.250. The number of fused-ring (bicyclic) bond motifs is 3. The van der Waals surface area contributed by atoms with Gasteiger partial charge < -0.3 is 4.42 Å². The van der Waals surface area contributed by atoms with Crippen molar-refractivity contribution >= 4 is 21.9 Å². The molecule has 0 bridgehead atoms. The van der Waals surface area contributed by atoms with E-state index >= 15 is 0 Å². The lowest BCUT2D eigenvalue weighted by molar-refractivity contribution is 0.590. The molecule has 0 saturated carbocycles. The van der Waals surface area contributed by atoms with Gasteiger partial charge in [0.2, 0.25) is 0 Å². The average molecular weight is 328 g/mol. The summed E-state index contributed by atoms with van der Waals surface area (Å²) in [5, 5.41) is 2.39. The minimum Gasteiger partial charge on any atom is -0.456 e. The van der Waals surface area contributed by atoms with E-state index in [0.717, 1.165) is 11.2 Å². The van der Waals surface area contributed by atoms with Gasteiger partial charge in [0, 0.05) is 10.8 Å². The molecule has 0 unspecified atom stereocenters. The Morgan fingerprint density at radius 1 is 0.720 bits per heavy atom. The molecule has 0 amide bonds. The predicted octanol–water partition coefficient (Wildman–Crippen LogP) is 7.17. The van der Waals surface area contributed by atoms with Crippen LogP contribution in [0.1, 0.15) is 37.5 Å². The quantitative estimate of drug-likeness (QED) is 0.361. The van der Waals surface area contributed by atoms with E-state index in [1.807, 2.05) is 0 Å². The molecule has 1 aromatic heterocycles. The fourth-order valence-corrected chi connectivity index (χ4v) is 3.42. The first-order chi connectivity index (χ1) is 11.8. The zero-order chi connectivity index (χ0) is 17.8. The molecule has 0 N–H and O–H groups in total. The molecule has 0 aliphatic carbocycles. The van der Waals surface area contributed by atoms with Gasteiger partial charge in [-0.3, -0.25) is 0 Å². The minimum atomic E-state index is 0.177. The molecule has 4 aromatic rings. The molecule has 0 aliphatic heterocycles.